The van der Waals surface area contributed by atoms with Crippen molar-refractivity contribution >= 4 is 0 Å². The van der Waals surface area contributed by atoms with Gasteiger partial charge in [-0.3, -0.25) is 0 Å². The van der Waals surface area contributed by atoms with E-state index in [0.717, 1.165) is 11.8 Å². The van der Waals surface area contributed by atoms with Gasteiger partial charge in [-0.2, -0.15) is 0 Å². The molecule has 1 heterocycles. The summed E-state index contributed by atoms with van der Waals surface area (Å²) >= 11 is 0. The highest BCUT2D eigenvalue weighted by atomic mass is 15.1. The molecule has 0 spiro atoms. The van der Waals surface area contributed by atoms with E-state index in [1.54, 1.807) is 0 Å². The Morgan fingerprint density at radius 3 is 2.06 bits per heavy atom. The van der Waals surface area contributed by atoms with Crippen LogP contribution < -0.4 is 0 Å². The zero-order valence-corrected chi connectivity index (χ0v) is 11.5. The molecule has 0 radical (unpaired) electrons. The maximum absolute atomic E-state index is 2.71. The zero-order valence-electron chi connectivity index (χ0n) is 11.5. The second-order valence-electron chi connectivity index (χ2n) is 7.29. The third kappa shape index (κ3) is 4.45. The SMILES string of the molecule is CC(C)(C)CCC1CCN(CC2CC2)CC1. The van der Waals surface area contributed by atoms with Crippen LogP contribution in [0, 0.1) is 17.3 Å². The number of hydrogen-bond acceptors (Lipinski definition) is 1. The van der Waals surface area contributed by atoms with Crippen LogP contribution in [0.2, 0.25) is 0 Å². The minimum absolute atomic E-state index is 0.533. The highest BCUT2D eigenvalue weighted by molar-refractivity contribution is 4.81. The summed E-state index contributed by atoms with van der Waals surface area (Å²) in [6, 6.07) is 0. The largest absolute Gasteiger partial charge is 0.303 e. The highest BCUT2D eigenvalue weighted by Gasteiger charge is 2.27. The highest BCUT2D eigenvalue weighted by Crippen LogP contribution is 2.33. The van der Waals surface area contributed by atoms with Crippen LogP contribution in [0.1, 0.15) is 59.3 Å². The van der Waals surface area contributed by atoms with Crippen LogP contribution in [-0.4, -0.2) is 24.5 Å². The van der Waals surface area contributed by atoms with Crippen molar-refractivity contribution in [1.29, 1.82) is 0 Å². The van der Waals surface area contributed by atoms with Crippen LogP contribution in [-0.2, 0) is 0 Å². The maximum atomic E-state index is 2.71. The van der Waals surface area contributed by atoms with E-state index in [0.29, 0.717) is 5.41 Å². The molecule has 0 aromatic rings. The van der Waals surface area contributed by atoms with E-state index in [2.05, 4.69) is 25.7 Å². The summed E-state index contributed by atoms with van der Waals surface area (Å²) in [7, 11) is 0. The summed E-state index contributed by atoms with van der Waals surface area (Å²) in [6.07, 6.45) is 8.79. The topological polar surface area (TPSA) is 3.24 Å². The lowest BCUT2D eigenvalue weighted by atomic mass is 9.83. The quantitative estimate of drug-likeness (QED) is 0.698. The molecule has 16 heavy (non-hydrogen) atoms. The van der Waals surface area contributed by atoms with Gasteiger partial charge in [0.05, 0.1) is 0 Å². The normalized spacial score (nSPS) is 24.9. The predicted molar refractivity (Wildman–Crippen MR) is 70.6 cm³/mol. The molecule has 0 amide bonds. The first-order chi connectivity index (χ1) is 7.53. The molecule has 1 aliphatic carbocycles. The van der Waals surface area contributed by atoms with Crippen molar-refractivity contribution in [1.82, 2.24) is 4.90 Å². The molecule has 1 heteroatoms. The van der Waals surface area contributed by atoms with Crippen LogP contribution in [0.15, 0.2) is 0 Å². The molecule has 0 aromatic heterocycles. The summed E-state index contributed by atoms with van der Waals surface area (Å²) in [5.41, 5.74) is 0.533. The number of piperidine rings is 1. The zero-order chi connectivity index (χ0) is 11.6. The summed E-state index contributed by atoms with van der Waals surface area (Å²) in [5, 5.41) is 0. The summed E-state index contributed by atoms with van der Waals surface area (Å²) in [5.74, 6) is 2.10. The minimum Gasteiger partial charge on any atom is -0.303 e. The summed E-state index contributed by atoms with van der Waals surface area (Å²) < 4.78 is 0. The molecule has 2 rings (SSSR count). The van der Waals surface area contributed by atoms with Gasteiger partial charge < -0.3 is 4.90 Å². The Morgan fingerprint density at radius 2 is 1.56 bits per heavy atom. The Morgan fingerprint density at radius 1 is 0.938 bits per heavy atom. The Labute approximate surface area is 102 Å². The van der Waals surface area contributed by atoms with Gasteiger partial charge in [-0.15, -0.1) is 0 Å². The monoisotopic (exact) mass is 223 g/mol. The van der Waals surface area contributed by atoms with E-state index < -0.39 is 0 Å². The van der Waals surface area contributed by atoms with Crippen molar-refractivity contribution in [3.63, 3.8) is 0 Å². The second-order valence-corrected chi connectivity index (χ2v) is 7.29. The molecule has 0 unspecified atom stereocenters. The molecule has 94 valence electrons. The lowest BCUT2D eigenvalue weighted by molar-refractivity contribution is 0.163. The molecule has 2 fully saturated rings. The Kier molecular flexibility index (Phi) is 3.94. The van der Waals surface area contributed by atoms with Gasteiger partial charge in [0.15, 0.2) is 0 Å². The molecule has 1 saturated heterocycles. The molecule has 0 N–H and O–H groups in total. The first-order valence-electron chi connectivity index (χ1n) is 7.25. The lowest BCUT2D eigenvalue weighted by Crippen LogP contribution is -2.35. The third-order valence-corrected chi connectivity index (χ3v) is 4.22. The summed E-state index contributed by atoms with van der Waals surface area (Å²) in [4.78, 5) is 2.71. The number of hydrogen-bond donors (Lipinski definition) is 0. The van der Waals surface area contributed by atoms with Gasteiger partial charge in [-0.05, 0) is 68.9 Å². The Balaban J connectivity index is 1.60. The van der Waals surface area contributed by atoms with Crippen molar-refractivity contribution in [2.45, 2.75) is 59.3 Å². The molecule has 2 aliphatic rings. The molecular formula is C15H29N. The summed E-state index contributed by atoms with van der Waals surface area (Å²) in [6.45, 7) is 11.3. The second kappa shape index (κ2) is 5.08. The molecule has 1 nitrogen and oxygen atoms in total. The fourth-order valence-electron chi connectivity index (χ4n) is 2.76. The molecule has 0 atom stereocenters. The average Bonchev–Trinajstić information content (AvgIpc) is 3.00. The molecule has 1 aliphatic heterocycles. The molecule has 1 saturated carbocycles. The van der Waals surface area contributed by atoms with Crippen LogP contribution in [0.25, 0.3) is 0 Å². The van der Waals surface area contributed by atoms with Gasteiger partial charge in [0, 0.05) is 6.54 Å². The van der Waals surface area contributed by atoms with Gasteiger partial charge in [0.25, 0.3) is 0 Å². The molecule has 0 aromatic carbocycles. The van der Waals surface area contributed by atoms with E-state index in [-0.39, 0.29) is 0 Å². The van der Waals surface area contributed by atoms with Crippen LogP contribution >= 0.6 is 0 Å². The van der Waals surface area contributed by atoms with Crippen molar-refractivity contribution in [3.8, 4) is 0 Å². The Bertz CT molecular complexity index is 204. The standard InChI is InChI=1S/C15H29N/c1-15(2,3)9-6-13-7-10-16(11-8-13)12-14-4-5-14/h13-14H,4-12H2,1-3H3. The fourth-order valence-corrected chi connectivity index (χ4v) is 2.76. The van der Waals surface area contributed by atoms with Gasteiger partial charge in [-0.25, -0.2) is 0 Å². The van der Waals surface area contributed by atoms with E-state index in [1.165, 1.54) is 58.2 Å². The third-order valence-electron chi connectivity index (χ3n) is 4.22. The number of likely N-dealkylation sites (tertiary alicyclic amines) is 1. The van der Waals surface area contributed by atoms with Gasteiger partial charge >= 0.3 is 0 Å². The Hall–Kier alpha value is -0.0400. The van der Waals surface area contributed by atoms with E-state index >= 15 is 0 Å². The number of rotatable bonds is 4. The van der Waals surface area contributed by atoms with E-state index in [1.807, 2.05) is 0 Å². The fraction of sp³-hybridized carbons (Fsp3) is 1.00. The number of nitrogens with zero attached hydrogens (tertiary/aromatic N) is 1. The van der Waals surface area contributed by atoms with Gasteiger partial charge in [0.1, 0.15) is 0 Å². The smallest absolute Gasteiger partial charge is 0.000966 e. The van der Waals surface area contributed by atoms with Gasteiger partial charge in [0.2, 0.25) is 0 Å². The predicted octanol–water partition coefficient (Wildman–Crippen LogP) is 3.93. The first kappa shape index (κ1) is 12.4. The van der Waals surface area contributed by atoms with E-state index in [4.69, 9.17) is 0 Å². The first-order valence-corrected chi connectivity index (χ1v) is 7.25. The maximum Gasteiger partial charge on any atom is 0.000966 e. The van der Waals surface area contributed by atoms with Crippen LogP contribution in [0.5, 0.6) is 0 Å². The average molecular weight is 223 g/mol. The van der Waals surface area contributed by atoms with Crippen LogP contribution in [0.3, 0.4) is 0 Å². The molecular weight excluding hydrogens is 194 g/mol. The van der Waals surface area contributed by atoms with E-state index in [9.17, 15) is 0 Å². The van der Waals surface area contributed by atoms with Crippen molar-refractivity contribution in [3.05, 3.63) is 0 Å². The molecule has 0 bridgehead atoms. The van der Waals surface area contributed by atoms with Crippen LogP contribution in [0.4, 0.5) is 0 Å². The minimum atomic E-state index is 0.533. The lowest BCUT2D eigenvalue weighted by Gasteiger charge is -2.33. The van der Waals surface area contributed by atoms with Crippen molar-refractivity contribution < 1.29 is 0 Å². The van der Waals surface area contributed by atoms with Gasteiger partial charge in [-0.1, -0.05) is 20.8 Å². The van der Waals surface area contributed by atoms with Crippen molar-refractivity contribution in [2.24, 2.45) is 17.3 Å². The van der Waals surface area contributed by atoms with Crippen molar-refractivity contribution in [2.75, 3.05) is 19.6 Å².